The molecule has 4 aromatic rings. The van der Waals surface area contributed by atoms with E-state index in [0.717, 1.165) is 22.3 Å². The Labute approximate surface area is 154 Å². The lowest BCUT2D eigenvalue weighted by Gasteiger charge is -2.09. The predicted molar refractivity (Wildman–Crippen MR) is 98.5 cm³/mol. The van der Waals surface area contributed by atoms with Gasteiger partial charge in [0.1, 0.15) is 11.4 Å². The molecular formula is C19H17N5O3. The van der Waals surface area contributed by atoms with Gasteiger partial charge in [-0.15, -0.1) is 5.10 Å². The second-order valence-electron chi connectivity index (χ2n) is 5.85. The Morgan fingerprint density at radius 2 is 1.89 bits per heavy atom. The van der Waals surface area contributed by atoms with Crippen molar-refractivity contribution in [3.05, 3.63) is 59.8 Å². The number of carbonyl (C=O) groups excluding carboxylic acids is 1. The molecule has 0 aliphatic carbocycles. The smallest absolute Gasteiger partial charge is 0.361 e. The lowest BCUT2D eigenvalue weighted by atomic mass is 10.2. The van der Waals surface area contributed by atoms with E-state index in [-0.39, 0.29) is 5.69 Å². The molecule has 0 atom stereocenters. The number of aromatic nitrogens is 5. The molecule has 0 saturated carbocycles. The highest BCUT2D eigenvalue weighted by Gasteiger charge is 2.25. The number of benzene rings is 2. The number of carbonyl (C=O) groups is 1. The number of para-hydroxylation sites is 3. The maximum atomic E-state index is 12.2. The van der Waals surface area contributed by atoms with Gasteiger partial charge in [0, 0.05) is 5.56 Å². The van der Waals surface area contributed by atoms with Crippen molar-refractivity contribution in [1.82, 2.24) is 25.0 Å². The predicted octanol–water partition coefficient (Wildman–Crippen LogP) is 2.66. The molecule has 1 N–H and O–H groups in total. The van der Waals surface area contributed by atoms with Crippen LogP contribution >= 0.6 is 0 Å². The third kappa shape index (κ3) is 3.01. The van der Waals surface area contributed by atoms with Crippen molar-refractivity contribution in [3.63, 3.8) is 0 Å². The first kappa shape index (κ1) is 16.8. The molecule has 0 fully saturated rings. The third-order valence-corrected chi connectivity index (χ3v) is 4.24. The number of H-pyrrole nitrogens is 1. The summed E-state index contributed by atoms with van der Waals surface area (Å²) in [5, 5.41) is 8.18. The third-order valence-electron chi connectivity index (χ3n) is 4.24. The van der Waals surface area contributed by atoms with Gasteiger partial charge in [-0.05, 0) is 18.2 Å². The molecule has 2 heterocycles. The molecule has 8 heteroatoms. The summed E-state index contributed by atoms with van der Waals surface area (Å²) < 4.78 is 11.9. The van der Waals surface area contributed by atoms with E-state index in [4.69, 9.17) is 9.47 Å². The van der Waals surface area contributed by atoms with Gasteiger partial charge in [-0.2, -0.15) is 0 Å². The molecule has 4 rings (SSSR count). The fraction of sp³-hybridized carbons (Fsp3) is 0.158. The van der Waals surface area contributed by atoms with E-state index in [1.165, 1.54) is 7.11 Å². The van der Waals surface area contributed by atoms with Gasteiger partial charge in [0.15, 0.2) is 5.82 Å². The van der Waals surface area contributed by atoms with E-state index in [9.17, 15) is 4.79 Å². The second kappa shape index (κ2) is 6.91. The van der Waals surface area contributed by atoms with Crippen LogP contribution in [0.5, 0.6) is 5.75 Å². The first-order valence-electron chi connectivity index (χ1n) is 8.30. The monoisotopic (exact) mass is 363 g/mol. The van der Waals surface area contributed by atoms with E-state index >= 15 is 0 Å². The van der Waals surface area contributed by atoms with Gasteiger partial charge in [0.05, 0.1) is 31.8 Å². The van der Waals surface area contributed by atoms with Gasteiger partial charge in [0.2, 0.25) is 5.69 Å². The van der Waals surface area contributed by atoms with Crippen LogP contribution in [0.2, 0.25) is 0 Å². The van der Waals surface area contributed by atoms with Gasteiger partial charge in [0.25, 0.3) is 0 Å². The lowest BCUT2D eigenvalue weighted by Crippen LogP contribution is -2.09. The van der Waals surface area contributed by atoms with Gasteiger partial charge in [-0.25, -0.2) is 14.5 Å². The zero-order chi connectivity index (χ0) is 18.8. The number of methoxy groups -OCH3 is 2. The van der Waals surface area contributed by atoms with Crippen LogP contribution in [0.4, 0.5) is 0 Å². The lowest BCUT2D eigenvalue weighted by molar-refractivity contribution is 0.0594. The van der Waals surface area contributed by atoms with Crippen LogP contribution in [-0.4, -0.2) is 45.2 Å². The number of nitrogens with zero attached hydrogens (tertiary/aromatic N) is 4. The minimum absolute atomic E-state index is 0.103. The maximum Gasteiger partial charge on any atom is 0.361 e. The number of hydrogen-bond acceptors (Lipinski definition) is 6. The molecule has 0 aliphatic rings. The molecule has 2 aromatic heterocycles. The topological polar surface area (TPSA) is 94.9 Å². The Kier molecular flexibility index (Phi) is 4.29. The van der Waals surface area contributed by atoms with Crippen molar-refractivity contribution in [2.24, 2.45) is 0 Å². The summed E-state index contributed by atoms with van der Waals surface area (Å²) in [4.78, 5) is 20.0. The Morgan fingerprint density at radius 3 is 2.67 bits per heavy atom. The molecule has 0 aliphatic heterocycles. The fourth-order valence-electron chi connectivity index (χ4n) is 2.95. The van der Waals surface area contributed by atoms with E-state index in [2.05, 4.69) is 20.3 Å². The quantitative estimate of drug-likeness (QED) is 0.548. The summed E-state index contributed by atoms with van der Waals surface area (Å²) in [6.45, 7) is 0.361. The van der Waals surface area contributed by atoms with Gasteiger partial charge >= 0.3 is 5.97 Å². The van der Waals surface area contributed by atoms with Crippen LogP contribution in [0.25, 0.3) is 22.6 Å². The van der Waals surface area contributed by atoms with Crippen LogP contribution in [0.3, 0.4) is 0 Å². The van der Waals surface area contributed by atoms with Crippen molar-refractivity contribution >= 4 is 17.0 Å². The van der Waals surface area contributed by atoms with Crippen molar-refractivity contribution in [3.8, 4) is 17.3 Å². The van der Waals surface area contributed by atoms with Crippen LogP contribution < -0.4 is 4.74 Å². The number of esters is 1. The van der Waals surface area contributed by atoms with Crippen LogP contribution in [-0.2, 0) is 11.3 Å². The van der Waals surface area contributed by atoms with Gasteiger partial charge < -0.3 is 14.5 Å². The summed E-state index contributed by atoms with van der Waals surface area (Å²) in [5.74, 6) is 0.649. The number of fused-ring (bicyclic) bond motifs is 1. The number of aromatic amines is 1. The summed E-state index contributed by atoms with van der Waals surface area (Å²) in [7, 11) is 2.92. The fourth-order valence-corrected chi connectivity index (χ4v) is 2.95. The van der Waals surface area contributed by atoms with E-state index in [1.807, 2.05) is 48.5 Å². The SMILES string of the molecule is COC(=O)c1nnn(Cc2ccccc2OC)c1-c1nc2ccccc2[nH]1. The van der Waals surface area contributed by atoms with Gasteiger partial charge in [-0.3, -0.25) is 0 Å². The van der Waals surface area contributed by atoms with E-state index < -0.39 is 5.97 Å². The largest absolute Gasteiger partial charge is 0.496 e. The highest BCUT2D eigenvalue weighted by molar-refractivity contribution is 5.94. The molecule has 0 amide bonds. The highest BCUT2D eigenvalue weighted by atomic mass is 16.5. The zero-order valence-corrected chi connectivity index (χ0v) is 14.8. The summed E-state index contributed by atoms with van der Waals surface area (Å²) >= 11 is 0. The number of imidazole rings is 1. The molecule has 0 saturated heterocycles. The first-order chi connectivity index (χ1) is 13.2. The second-order valence-corrected chi connectivity index (χ2v) is 5.85. The van der Waals surface area contributed by atoms with Crippen LogP contribution in [0.15, 0.2) is 48.5 Å². The maximum absolute atomic E-state index is 12.2. The average Bonchev–Trinajstić information content (AvgIpc) is 3.31. The Hall–Kier alpha value is -3.68. The minimum atomic E-state index is -0.572. The number of nitrogens with one attached hydrogen (secondary N) is 1. The Bertz CT molecular complexity index is 1080. The molecule has 0 radical (unpaired) electrons. The Morgan fingerprint density at radius 1 is 1.11 bits per heavy atom. The molecule has 27 heavy (non-hydrogen) atoms. The van der Waals surface area contributed by atoms with Crippen molar-refractivity contribution in [1.29, 1.82) is 0 Å². The molecule has 8 nitrogen and oxygen atoms in total. The minimum Gasteiger partial charge on any atom is -0.496 e. The number of ether oxygens (including phenoxy) is 2. The zero-order valence-electron chi connectivity index (χ0n) is 14.8. The summed E-state index contributed by atoms with van der Waals surface area (Å²) in [6, 6.07) is 15.2. The molecule has 0 bridgehead atoms. The summed E-state index contributed by atoms with van der Waals surface area (Å²) in [5.41, 5.74) is 3.11. The van der Waals surface area contributed by atoms with Crippen molar-refractivity contribution < 1.29 is 14.3 Å². The van der Waals surface area contributed by atoms with Gasteiger partial charge in [-0.1, -0.05) is 35.5 Å². The average molecular weight is 363 g/mol. The van der Waals surface area contributed by atoms with Crippen LogP contribution in [0.1, 0.15) is 16.1 Å². The molecule has 136 valence electrons. The van der Waals surface area contributed by atoms with E-state index in [1.54, 1.807) is 11.8 Å². The van der Waals surface area contributed by atoms with E-state index in [0.29, 0.717) is 18.1 Å². The molecular weight excluding hydrogens is 346 g/mol. The van der Waals surface area contributed by atoms with Crippen LogP contribution in [0, 0.1) is 0 Å². The van der Waals surface area contributed by atoms with Crippen molar-refractivity contribution in [2.75, 3.05) is 14.2 Å². The highest BCUT2D eigenvalue weighted by Crippen LogP contribution is 2.26. The normalized spacial score (nSPS) is 10.9. The standard InChI is InChI=1S/C19H17N5O3/c1-26-15-10-6-3-7-12(15)11-24-17(16(22-23-24)19(25)27-2)18-20-13-8-4-5-9-14(13)21-18/h3-10H,11H2,1-2H3,(H,20,21). The molecule has 0 unspecified atom stereocenters. The number of rotatable bonds is 5. The van der Waals surface area contributed by atoms with Crippen molar-refractivity contribution in [2.45, 2.75) is 6.54 Å². The summed E-state index contributed by atoms with van der Waals surface area (Å²) in [6.07, 6.45) is 0. The molecule has 2 aromatic carbocycles. The Balaban J connectivity index is 1.85. The number of hydrogen-bond donors (Lipinski definition) is 1. The molecule has 0 spiro atoms. The first-order valence-corrected chi connectivity index (χ1v) is 8.30.